The van der Waals surface area contributed by atoms with Crippen molar-refractivity contribution in [3.8, 4) is 0 Å². The van der Waals surface area contributed by atoms with Crippen molar-refractivity contribution < 1.29 is 0 Å². The Hall–Kier alpha value is -1.55. The van der Waals surface area contributed by atoms with Gasteiger partial charge in [0.25, 0.3) is 0 Å². The molecule has 0 aliphatic heterocycles. The molecule has 0 amide bonds. The van der Waals surface area contributed by atoms with Gasteiger partial charge in [-0.1, -0.05) is 0 Å². The van der Waals surface area contributed by atoms with Gasteiger partial charge in [0.15, 0.2) is 0 Å². The van der Waals surface area contributed by atoms with E-state index in [9.17, 15) is 0 Å². The van der Waals surface area contributed by atoms with Gasteiger partial charge in [-0.25, -0.2) is 4.98 Å². The Labute approximate surface area is 95.9 Å². The molecule has 0 atom stereocenters. The van der Waals surface area contributed by atoms with E-state index < -0.39 is 0 Å². The van der Waals surface area contributed by atoms with E-state index >= 15 is 0 Å². The lowest BCUT2D eigenvalue weighted by atomic mass is 10.3. The van der Waals surface area contributed by atoms with Crippen LogP contribution in [0.5, 0.6) is 0 Å². The van der Waals surface area contributed by atoms with Crippen LogP contribution < -0.4 is 5.32 Å². The number of nitrogens with zero attached hydrogens (tertiary/aromatic N) is 3. The molecule has 2 aromatic heterocycles. The van der Waals surface area contributed by atoms with Crippen molar-refractivity contribution in [3.63, 3.8) is 0 Å². The Morgan fingerprint density at radius 2 is 2.19 bits per heavy atom. The molecular formula is C12H18N4. The minimum atomic E-state index is 0.806. The zero-order valence-corrected chi connectivity index (χ0v) is 9.85. The van der Waals surface area contributed by atoms with Gasteiger partial charge in [0.1, 0.15) is 5.82 Å². The first-order valence-corrected chi connectivity index (χ1v) is 5.61. The van der Waals surface area contributed by atoms with Crippen molar-refractivity contribution in [2.24, 2.45) is 7.05 Å². The number of aryl methyl sites for hydroxylation is 2. The summed E-state index contributed by atoms with van der Waals surface area (Å²) in [6.45, 7) is 4.87. The molecule has 1 N–H and O–H groups in total. The third-order valence-corrected chi connectivity index (χ3v) is 2.71. The molecule has 0 saturated carbocycles. The van der Waals surface area contributed by atoms with Gasteiger partial charge in [-0.15, -0.1) is 0 Å². The maximum absolute atomic E-state index is 4.26. The van der Waals surface area contributed by atoms with Gasteiger partial charge >= 0.3 is 0 Å². The maximum atomic E-state index is 4.26. The average molecular weight is 218 g/mol. The van der Waals surface area contributed by atoms with Crippen LogP contribution in [0.2, 0.25) is 0 Å². The highest BCUT2D eigenvalue weighted by Crippen LogP contribution is 2.01. The summed E-state index contributed by atoms with van der Waals surface area (Å²) < 4.78 is 4.21. The van der Waals surface area contributed by atoms with Gasteiger partial charge in [-0.05, 0) is 18.6 Å². The van der Waals surface area contributed by atoms with Crippen LogP contribution in [0.1, 0.15) is 18.3 Å². The van der Waals surface area contributed by atoms with Gasteiger partial charge in [0.05, 0.1) is 6.54 Å². The number of hydrogen-bond donors (Lipinski definition) is 1. The monoisotopic (exact) mass is 218 g/mol. The molecule has 16 heavy (non-hydrogen) atoms. The summed E-state index contributed by atoms with van der Waals surface area (Å²) in [7, 11) is 2.01. The van der Waals surface area contributed by atoms with Crippen molar-refractivity contribution in [3.05, 3.63) is 42.2 Å². The molecule has 0 saturated heterocycles. The number of hydrogen-bond acceptors (Lipinski definition) is 2. The van der Waals surface area contributed by atoms with E-state index in [4.69, 9.17) is 0 Å². The predicted molar refractivity (Wildman–Crippen MR) is 63.9 cm³/mol. The molecule has 0 bridgehead atoms. The fraction of sp³-hybridized carbons (Fsp3) is 0.417. The van der Waals surface area contributed by atoms with Crippen LogP contribution in [0.25, 0.3) is 0 Å². The van der Waals surface area contributed by atoms with E-state index in [0.717, 1.165) is 25.5 Å². The summed E-state index contributed by atoms with van der Waals surface area (Å²) in [4.78, 5) is 4.26. The fourth-order valence-corrected chi connectivity index (χ4v) is 1.68. The zero-order chi connectivity index (χ0) is 11.4. The van der Waals surface area contributed by atoms with E-state index in [-0.39, 0.29) is 0 Å². The molecule has 0 fully saturated rings. The van der Waals surface area contributed by atoms with Gasteiger partial charge < -0.3 is 14.5 Å². The molecule has 2 heterocycles. The number of aromatic nitrogens is 3. The lowest BCUT2D eigenvalue weighted by molar-refractivity contribution is 0.637. The summed E-state index contributed by atoms with van der Waals surface area (Å²) in [5.41, 5.74) is 1.32. The first kappa shape index (κ1) is 11.0. The van der Waals surface area contributed by atoms with Crippen LogP contribution in [0, 0.1) is 0 Å². The highest BCUT2D eigenvalue weighted by atomic mass is 15.1. The van der Waals surface area contributed by atoms with E-state index in [1.165, 1.54) is 5.56 Å². The highest BCUT2D eigenvalue weighted by Gasteiger charge is 1.99. The molecule has 0 aliphatic carbocycles. The van der Waals surface area contributed by atoms with Crippen LogP contribution in [0.4, 0.5) is 0 Å². The quantitative estimate of drug-likeness (QED) is 0.826. The Morgan fingerprint density at radius 1 is 1.31 bits per heavy atom. The SMILES string of the molecule is CCn1ccc(CNCc2nccn2C)c1. The number of nitrogens with one attached hydrogen (secondary N) is 1. The van der Waals surface area contributed by atoms with Crippen molar-refractivity contribution in [2.75, 3.05) is 0 Å². The lowest BCUT2D eigenvalue weighted by Crippen LogP contribution is -2.15. The molecule has 0 aromatic carbocycles. The van der Waals surface area contributed by atoms with E-state index in [1.807, 2.05) is 24.0 Å². The normalized spacial score (nSPS) is 10.9. The van der Waals surface area contributed by atoms with Crippen molar-refractivity contribution in [1.82, 2.24) is 19.4 Å². The Bertz CT molecular complexity index is 441. The average Bonchev–Trinajstić information content (AvgIpc) is 2.89. The van der Waals surface area contributed by atoms with E-state index in [0.29, 0.717) is 0 Å². The predicted octanol–water partition coefficient (Wildman–Crippen LogP) is 1.53. The molecular weight excluding hydrogens is 200 g/mol. The smallest absolute Gasteiger partial charge is 0.122 e. The summed E-state index contributed by atoms with van der Waals surface area (Å²) in [5, 5.41) is 3.39. The van der Waals surface area contributed by atoms with Crippen molar-refractivity contribution in [2.45, 2.75) is 26.6 Å². The largest absolute Gasteiger partial charge is 0.354 e. The van der Waals surface area contributed by atoms with Crippen molar-refractivity contribution >= 4 is 0 Å². The van der Waals surface area contributed by atoms with E-state index in [1.54, 1.807) is 0 Å². The van der Waals surface area contributed by atoms with Crippen LogP contribution in [0.3, 0.4) is 0 Å². The molecule has 4 nitrogen and oxygen atoms in total. The molecule has 0 aliphatic rings. The van der Waals surface area contributed by atoms with E-state index in [2.05, 4.69) is 40.3 Å². The van der Waals surface area contributed by atoms with Gasteiger partial charge in [0, 0.05) is 44.9 Å². The second-order valence-corrected chi connectivity index (χ2v) is 3.91. The fourth-order valence-electron chi connectivity index (χ4n) is 1.68. The second-order valence-electron chi connectivity index (χ2n) is 3.91. The summed E-state index contributed by atoms with van der Waals surface area (Å²) >= 11 is 0. The summed E-state index contributed by atoms with van der Waals surface area (Å²) in [5.74, 6) is 1.06. The molecule has 86 valence electrons. The van der Waals surface area contributed by atoms with Gasteiger partial charge in [0.2, 0.25) is 0 Å². The summed E-state index contributed by atoms with van der Waals surface area (Å²) in [6, 6.07) is 2.15. The minimum absolute atomic E-state index is 0.806. The standard InChI is InChI=1S/C12H18N4/c1-3-16-6-4-11(10-16)8-13-9-12-14-5-7-15(12)2/h4-7,10,13H,3,8-9H2,1-2H3. The molecule has 0 spiro atoms. The molecule has 2 aromatic rings. The Balaban J connectivity index is 1.82. The van der Waals surface area contributed by atoms with Crippen LogP contribution in [-0.2, 0) is 26.7 Å². The first-order valence-electron chi connectivity index (χ1n) is 5.61. The van der Waals surface area contributed by atoms with Gasteiger partial charge in [-0.3, -0.25) is 0 Å². The maximum Gasteiger partial charge on any atom is 0.122 e. The van der Waals surface area contributed by atoms with Gasteiger partial charge in [-0.2, -0.15) is 0 Å². The molecule has 4 heteroatoms. The Morgan fingerprint density at radius 3 is 2.81 bits per heavy atom. The van der Waals surface area contributed by atoms with Crippen molar-refractivity contribution in [1.29, 1.82) is 0 Å². The number of imidazole rings is 1. The minimum Gasteiger partial charge on any atom is -0.354 e. The van der Waals surface area contributed by atoms with Crippen LogP contribution >= 0.6 is 0 Å². The van der Waals surface area contributed by atoms with Crippen LogP contribution in [-0.4, -0.2) is 14.1 Å². The zero-order valence-electron chi connectivity index (χ0n) is 9.85. The molecule has 0 unspecified atom stereocenters. The third-order valence-electron chi connectivity index (χ3n) is 2.71. The summed E-state index contributed by atoms with van der Waals surface area (Å²) in [6.07, 6.45) is 8.07. The Kier molecular flexibility index (Phi) is 3.41. The molecule has 0 radical (unpaired) electrons. The lowest BCUT2D eigenvalue weighted by Gasteiger charge is -2.03. The third kappa shape index (κ3) is 2.52. The first-order chi connectivity index (χ1) is 7.79. The number of rotatable bonds is 5. The topological polar surface area (TPSA) is 34.8 Å². The highest BCUT2D eigenvalue weighted by molar-refractivity contribution is 5.09. The van der Waals surface area contributed by atoms with Crippen LogP contribution in [0.15, 0.2) is 30.9 Å². The molecule has 2 rings (SSSR count). The second kappa shape index (κ2) is 4.99.